The van der Waals surface area contributed by atoms with Gasteiger partial charge < -0.3 is 9.47 Å². The first-order valence-corrected chi connectivity index (χ1v) is 10.6. The number of carbonyl (C=O) groups excluding carboxylic acids is 2. The molecule has 4 aliphatic carbocycles. The second-order valence-corrected chi connectivity index (χ2v) is 8.55. The summed E-state index contributed by atoms with van der Waals surface area (Å²) in [5.41, 5.74) is 0.593. The standard InChI is InChI=1S/C23H21ClN2O4/c1-3-7-30-21-17(24)8-12(9-18(21)29-4-2)11-25-26-22(27)19-13-5-6-14(16-10-15(13)16)20(19)23(26)28/h1,5-6,8-9,11,13-16,19-20H,4,7,10H2,2H3/b25-11-/t13-,14+,15-,16-,19+,20-/m1/s1. The molecule has 0 unspecified atom stereocenters. The number of imide groups is 1. The molecule has 0 N–H and O–H groups in total. The van der Waals surface area contributed by atoms with Crippen LogP contribution in [-0.2, 0) is 9.59 Å². The fraction of sp³-hybridized carbons (Fsp3) is 0.435. The van der Waals surface area contributed by atoms with Crippen molar-refractivity contribution in [2.75, 3.05) is 13.2 Å². The molecule has 1 heterocycles. The van der Waals surface area contributed by atoms with Gasteiger partial charge in [-0.05, 0) is 54.7 Å². The highest BCUT2D eigenvalue weighted by Crippen LogP contribution is 2.65. The largest absolute Gasteiger partial charge is 0.490 e. The molecule has 1 aromatic carbocycles. The lowest BCUT2D eigenvalue weighted by molar-refractivity contribution is -0.140. The summed E-state index contributed by atoms with van der Waals surface area (Å²) in [5, 5.41) is 5.60. The Bertz CT molecular complexity index is 991. The summed E-state index contributed by atoms with van der Waals surface area (Å²) in [6.45, 7) is 2.31. The lowest BCUT2D eigenvalue weighted by Crippen LogP contribution is -2.40. The average Bonchev–Trinajstić information content (AvgIpc) is 3.51. The minimum Gasteiger partial charge on any atom is -0.490 e. The predicted octanol–water partition coefficient (Wildman–Crippen LogP) is 3.14. The lowest BCUT2D eigenvalue weighted by atomic mass is 9.63. The molecule has 1 aliphatic heterocycles. The Morgan fingerprint density at radius 2 is 1.87 bits per heavy atom. The number of nitrogens with zero attached hydrogens (tertiary/aromatic N) is 2. The molecule has 5 aliphatic rings. The van der Waals surface area contributed by atoms with Crippen molar-refractivity contribution in [1.29, 1.82) is 0 Å². The number of rotatable bonds is 6. The number of hydrazone groups is 1. The summed E-state index contributed by atoms with van der Waals surface area (Å²) in [7, 11) is 0. The second kappa shape index (κ2) is 7.17. The van der Waals surface area contributed by atoms with Gasteiger partial charge in [0.1, 0.15) is 6.61 Å². The molecule has 2 bridgehead atoms. The van der Waals surface area contributed by atoms with Gasteiger partial charge >= 0.3 is 0 Å². The van der Waals surface area contributed by atoms with Crippen molar-refractivity contribution in [3.05, 3.63) is 34.9 Å². The van der Waals surface area contributed by atoms with Gasteiger partial charge in [0.15, 0.2) is 11.5 Å². The Balaban J connectivity index is 1.40. The SMILES string of the molecule is C#CCOc1c(Cl)cc(/C=N\N2C(=O)[C@@H]3[C@H]4C=C[C@H]([C@H]5C[C@H]45)[C@@H]3C2=O)cc1OCC. The molecule has 2 saturated carbocycles. The van der Waals surface area contributed by atoms with Crippen molar-refractivity contribution < 1.29 is 19.1 Å². The van der Waals surface area contributed by atoms with Crippen molar-refractivity contribution in [2.45, 2.75) is 13.3 Å². The molecule has 0 spiro atoms. The zero-order valence-corrected chi connectivity index (χ0v) is 17.2. The van der Waals surface area contributed by atoms with Gasteiger partial charge in [0, 0.05) is 0 Å². The zero-order chi connectivity index (χ0) is 21.0. The van der Waals surface area contributed by atoms with Gasteiger partial charge in [0.05, 0.1) is 29.7 Å². The summed E-state index contributed by atoms with van der Waals surface area (Å²) in [5.74, 6) is 3.71. The molecule has 0 radical (unpaired) electrons. The quantitative estimate of drug-likeness (QED) is 0.304. The predicted molar refractivity (Wildman–Crippen MR) is 111 cm³/mol. The van der Waals surface area contributed by atoms with Gasteiger partial charge in [-0.1, -0.05) is 29.7 Å². The number of carbonyl (C=O) groups is 2. The molecule has 154 valence electrons. The summed E-state index contributed by atoms with van der Waals surface area (Å²) in [4.78, 5) is 26.0. The Hall–Kier alpha value is -2.78. The molecular weight excluding hydrogens is 404 g/mol. The number of allylic oxidation sites excluding steroid dienone is 2. The summed E-state index contributed by atoms with van der Waals surface area (Å²) < 4.78 is 11.1. The van der Waals surface area contributed by atoms with Crippen LogP contribution in [0.2, 0.25) is 5.02 Å². The van der Waals surface area contributed by atoms with E-state index in [9.17, 15) is 9.59 Å². The van der Waals surface area contributed by atoms with Gasteiger partial charge in [0.25, 0.3) is 11.8 Å². The van der Waals surface area contributed by atoms with Crippen LogP contribution in [0.3, 0.4) is 0 Å². The van der Waals surface area contributed by atoms with E-state index < -0.39 is 0 Å². The smallest absolute Gasteiger partial charge is 0.254 e. The van der Waals surface area contributed by atoms with E-state index in [1.54, 1.807) is 12.1 Å². The normalized spacial score (nSPS) is 32.9. The lowest BCUT2D eigenvalue weighted by Gasteiger charge is -2.37. The van der Waals surface area contributed by atoms with Crippen LogP contribution >= 0.6 is 11.6 Å². The number of halogens is 1. The van der Waals surface area contributed by atoms with Crippen LogP contribution in [0.25, 0.3) is 0 Å². The van der Waals surface area contributed by atoms with Crippen molar-refractivity contribution >= 4 is 29.6 Å². The highest BCUT2D eigenvalue weighted by molar-refractivity contribution is 6.32. The van der Waals surface area contributed by atoms with E-state index in [-0.39, 0.29) is 42.1 Å². The van der Waals surface area contributed by atoms with Crippen LogP contribution in [0, 0.1) is 47.9 Å². The van der Waals surface area contributed by atoms with E-state index >= 15 is 0 Å². The first-order valence-electron chi connectivity index (χ1n) is 10.2. The van der Waals surface area contributed by atoms with Crippen molar-refractivity contribution in [1.82, 2.24) is 5.01 Å². The van der Waals surface area contributed by atoms with Crippen molar-refractivity contribution in [3.63, 3.8) is 0 Å². The average molecular weight is 425 g/mol. The van der Waals surface area contributed by atoms with E-state index in [1.807, 2.05) is 6.92 Å². The highest BCUT2D eigenvalue weighted by Gasteiger charge is 2.67. The fourth-order valence-electron chi connectivity index (χ4n) is 5.36. The van der Waals surface area contributed by atoms with Crippen LogP contribution in [0.5, 0.6) is 11.5 Å². The molecule has 1 saturated heterocycles. The van der Waals surface area contributed by atoms with E-state index in [4.69, 9.17) is 27.5 Å². The zero-order valence-electron chi connectivity index (χ0n) is 16.5. The molecule has 6 nitrogen and oxygen atoms in total. The summed E-state index contributed by atoms with van der Waals surface area (Å²) >= 11 is 6.33. The minimum atomic E-state index is -0.268. The van der Waals surface area contributed by atoms with Crippen molar-refractivity contribution in [3.8, 4) is 23.8 Å². The fourth-order valence-corrected chi connectivity index (χ4v) is 5.63. The van der Waals surface area contributed by atoms with Crippen LogP contribution in [0.15, 0.2) is 29.4 Å². The van der Waals surface area contributed by atoms with Crippen LogP contribution < -0.4 is 9.47 Å². The van der Waals surface area contributed by atoms with Crippen LogP contribution in [-0.4, -0.2) is 36.3 Å². The first-order chi connectivity index (χ1) is 14.5. The first kappa shape index (κ1) is 19.2. The van der Waals surface area contributed by atoms with E-state index in [0.29, 0.717) is 40.5 Å². The number of benzene rings is 1. The molecule has 3 fully saturated rings. The summed E-state index contributed by atoms with van der Waals surface area (Å²) in [6.07, 6.45) is 12.1. The number of terminal acetylenes is 1. The van der Waals surface area contributed by atoms with Crippen LogP contribution in [0.1, 0.15) is 18.9 Å². The number of hydrogen-bond donors (Lipinski definition) is 0. The maximum absolute atomic E-state index is 13.0. The Morgan fingerprint density at radius 3 is 2.47 bits per heavy atom. The highest BCUT2D eigenvalue weighted by atomic mass is 35.5. The Labute approximate surface area is 179 Å². The maximum Gasteiger partial charge on any atom is 0.254 e. The third-order valence-corrected chi connectivity index (χ3v) is 6.87. The number of amides is 2. The van der Waals surface area contributed by atoms with Gasteiger partial charge in [-0.3, -0.25) is 9.59 Å². The van der Waals surface area contributed by atoms with Gasteiger partial charge in [-0.25, -0.2) is 0 Å². The minimum absolute atomic E-state index is 0.0607. The Kier molecular flexibility index (Phi) is 4.59. The van der Waals surface area contributed by atoms with Gasteiger partial charge in [-0.15, -0.1) is 6.42 Å². The number of ether oxygens (including phenoxy) is 2. The van der Waals surface area contributed by atoms with Gasteiger partial charge in [-0.2, -0.15) is 10.1 Å². The molecular formula is C23H21ClN2O4. The third-order valence-electron chi connectivity index (χ3n) is 6.59. The van der Waals surface area contributed by atoms with Crippen molar-refractivity contribution in [2.24, 2.45) is 40.6 Å². The van der Waals surface area contributed by atoms with E-state index in [1.165, 1.54) is 6.21 Å². The topological polar surface area (TPSA) is 68.2 Å². The Morgan fingerprint density at radius 1 is 1.20 bits per heavy atom. The maximum atomic E-state index is 13.0. The second-order valence-electron chi connectivity index (χ2n) is 8.14. The molecule has 2 amide bonds. The molecule has 0 aromatic heterocycles. The van der Waals surface area contributed by atoms with E-state index in [0.717, 1.165) is 11.4 Å². The summed E-state index contributed by atoms with van der Waals surface area (Å²) in [6, 6.07) is 3.33. The molecule has 7 heteroatoms. The van der Waals surface area contributed by atoms with Crippen LogP contribution in [0.4, 0.5) is 0 Å². The van der Waals surface area contributed by atoms with Gasteiger partial charge in [0.2, 0.25) is 0 Å². The number of hydrogen-bond acceptors (Lipinski definition) is 5. The third kappa shape index (κ3) is 2.84. The molecule has 30 heavy (non-hydrogen) atoms. The molecule has 6 rings (SSSR count). The van der Waals surface area contributed by atoms with E-state index in [2.05, 4.69) is 23.2 Å². The monoisotopic (exact) mass is 424 g/mol. The molecule has 1 aromatic rings. The molecule has 6 atom stereocenters.